The Morgan fingerprint density at radius 3 is 2.77 bits per heavy atom. The van der Waals surface area contributed by atoms with Crippen LogP contribution in [0.1, 0.15) is 36.1 Å². The third-order valence-electron chi connectivity index (χ3n) is 4.39. The largest absolute Gasteiger partial charge is 0.495 e. The van der Waals surface area contributed by atoms with Crippen molar-refractivity contribution >= 4 is 11.6 Å². The van der Waals surface area contributed by atoms with Crippen molar-refractivity contribution in [3.8, 4) is 23.0 Å². The van der Waals surface area contributed by atoms with Gasteiger partial charge in [0.05, 0.1) is 18.4 Å². The van der Waals surface area contributed by atoms with E-state index in [9.17, 15) is 4.79 Å². The maximum atomic E-state index is 12.7. The molecule has 1 aromatic carbocycles. The van der Waals surface area contributed by atoms with E-state index in [1.54, 1.807) is 42.3 Å². The number of ether oxygens (including phenoxy) is 1. The van der Waals surface area contributed by atoms with E-state index in [0.29, 0.717) is 34.5 Å². The lowest BCUT2D eigenvalue weighted by Gasteiger charge is -2.08. The Bertz CT molecular complexity index is 1180. The molecule has 0 bridgehead atoms. The van der Waals surface area contributed by atoms with Crippen LogP contribution < -0.4 is 10.1 Å². The summed E-state index contributed by atoms with van der Waals surface area (Å²) in [6.07, 6.45) is 4.76. The zero-order valence-corrected chi connectivity index (χ0v) is 16.7. The number of aromatic nitrogens is 5. The SMILES string of the molecule is COc1ccccc1NC(=O)c1cn(-c2ncccc2-c2nc(C(C)C)no2)cn1. The highest BCUT2D eigenvalue weighted by Gasteiger charge is 2.18. The van der Waals surface area contributed by atoms with Gasteiger partial charge in [-0.15, -0.1) is 0 Å². The number of imidazole rings is 1. The number of nitrogens with one attached hydrogen (secondary N) is 1. The molecule has 0 spiro atoms. The standard InChI is InChI=1S/C21H20N6O3/c1-13(2)18-25-21(30-26-18)14-7-6-10-22-19(14)27-11-16(23-12-27)20(28)24-15-8-4-5-9-17(15)29-3/h4-13H,1-3H3,(H,24,28). The summed E-state index contributed by atoms with van der Waals surface area (Å²) in [6, 6.07) is 10.8. The Kier molecular flexibility index (Phi) is 5.25. The second-order valence-electron chi connectivity index (χ2n) is 6.81. The third kappa shape index (κ3) is 3.77. The molecule has 0 radical (unpaired) electrons. The Balaban J connectivity index is 1.62. The smallest absolute Gasteiger partial charge is 0.275 e. The van der Waals surface area contributed by atoms with Crippen molar-refractivity contribution in [3.05, 3.63) is 66.6 Å². The van der Waals surface area contributed by atoms with E-state index in [-0.39, 0.29) is 17.5 Å². The van der Waals surface area contributed by atoms with Gasteiger partial charge in [-0.05, 0) is 24.3 Å². The summed E-state index contributed by atoms with van der Waals surface area (Å²) in [5.41, 5.74) is 1.43. The highest BCUT2D eigenvalue weighted by Crippen LogP contribution is 2.26. The number of rotatable bonds is 6. The van der Waals surface area contributed by atoms with Gasteiger partial charge in [0.1, 0.15) is 17.8 Å². The summed E-state index contributed by atoms with van der Waals surface area (Å²) < 4.78 is 12.3. The number of methoxy groups -OCH3 is 1. The van der Waals surface area contributed by atoms with Crippen LogP contribution in [-0.2, 0) is 0 Å². The molecule has 0 saturated heterocycles. The predicted octanol–water partition coefficient (Wildman–Crippen LogP) is 3.70. The first-order valence-corrected chi connectivity index (χ1v) is 9.34. The first kappa shape index (κ1) is 19.3. The summed E-state index contributed by atoms with van der Waals surface area (Å²) in [4.78, 5) is 25.7. The molecular formula is C21H20N6O3. The fourth-order valence-electron chi connectivity index (χ4n) is 2.84. The Morgan fingerprint density at radius 1 is 1.17 bits per heavy atom. The number of amides is 1. The molecule has 30 heavy (non-hydrogen) atoms. The lowest BCUT2D eigenvalue weighted by Crippen LogP contribution is -2.13. The molecule has 0 saturated carbocycles. The van der Waals surface area contributed by atoms with E-state index < -0.39 is 0 Å². The van der Waals surface area contributed by atoms with Crippen LogP contribution in [0, 0.1) is 0 Å². The van der Waals surface area contributed by atoms with E-state index in [4.69, 9.17) is 9.26 Å². The summed E-state index contributed by atoms with van der Waals surface area (Å²) in [7, 11) is 1.55. The fraction of sp³-hybridized carbons (Fsp3) is 0.190. The summed E-state index contributed by atoms with van der Waals surface area (Å²) in [5, 5.41) is 6.81. The van der Waals surface area contributed by atoms with Gasteiger partial charge in [-0.25, -0.2) is 9.97 Å². The van der Waals surface area contributed by atoms with Crippen molar-refractivity contribution in [2.75, 3.05) is 12.4 Å². The predicted molar refractivity (Wildman–Crippen MR) is 110 cm³/mol. The Morgan fingerprint density at radius 2 is 2.00 bits per heavy atom. The van der Waals surface area contributed by atoms with Crippen LogP contribution in [-0.4, -0.2) is 37.7 Å². The van der Waals surface area contributed by atoms with Gasteiger partial charge in [0, 0.05) is 18.3 Å². The molecule has 4 rings (SSSR count). The van der Waals surface area contributed by atoms with Gasteiger partial charge in [0.25, 0.3) is 11.8 Å². The Labute approximate surface area is 172 Å². The van der Waals surface area contributed by atoms with E-state index in [1.165, 1.54) is 6.33 Å². The highest BCUT2D eigenvalue weighted by molar-refractivity contribution is 6.03. The molecule has 9 heteroatoms. The topological polar surface area (TPSA) is 108 Å². The lowest BCUT2D eigenvalue weighted by atomic mass is 10.2. The number of benzene rings is 1. The van der Waals surface area contributed by atoms with Crippen LogP contribution in [0.3, 0.4) is 0 Å². The second kappa shape index (κ2) is 8.16. The molecule has 0 aliphatic rings. The molecule has 4 aromatic rings. The van der Waals surface area contributed by atoms with Crippen molar-refractivity contribution in [1.29, 1.82) is 0 Å². The number of carbonyl (C=O) groups excluding carboxylic acids is 1. The fourth-order valence-corrected chi connectivity index (χ4v) is 2.84. The van der Waals surface area contributed by atoms with Gasteiger partial charge >= 0.3 is 0 Å². The lowest BCUT2D eigenvalue weighted by molar-refractivity contribution is 0.102. The zero-order chi connectivity index (χ0) is 21.1. The van der Waals surface area contributed by atoms with E-state index in [0.717, 1.165) is 0 Å². The zero-order valence-electron chi connectivity index (χ0n) is 16.7. The van der Waals surface area contributed by atoms with Crippen molar-refractivity contribution in [3.63, 3.8) is 0 Å². The number of anilines is 1. The molecule has 1 N–H and O–H groups in total. The first-order valence-electron chi connectivity index (χ1n) is 9.34. The number of nitrogens with zero attached hydrogens (tertiary/aromatic N) is 5. The minimum absolute atomic E-state index is 0.140. The summed E-state index contributed by atoms with van der Waals surface area (Å²) >= 11 is 0. The first-order chi connectivity index (χ1) is 14.6. The molecule has 0 aliphatic carbocycles. The number of pyridine rings is 1. The van der Waals surface area contributed by atoms with Crippen molar-refractivity contribution in [2.45, 2.75) is 19.8 Å². The van der Waals surface area contributed by atoms with E-state index in [2.05, 4.69) is 25.4 Å². The second-order valence-corrected chi connectivity index (χ2v) is 6.81. The normalized spacial score (nSPS) is 10.9. The van der Waals surface area contributed by atoms with E-state index in [1.807, 2.05) is 32.0 Å². The van der Waals surface area contributed by atoms with Gasteiger partial charge in [-0.1, -0.05) is 31.1 Å². The molecule has 0 fully saturated rings. The average Bonchev–Trinajstić information content (AvgIpc) is 3.44. The Hall–Kier alpha value is -4.01. The van der Waals surface area contributed by atoms with Crippen LogP contribution in [0.5, 0.6) is 5.75 Å². The maximum absolute atomic E-state index is 12.7. The third-order valence-corrected chi connectivity index (χ3v) is 4.39. The van der Waals surface area contributed by atoms with E-state index >= 15 is 0 Å². The molecule has 0 atom stereocenters. The van der Waals surface area contributed by atoms with Gasteiger partial charge in [-0.3, -0.25) is 9.36 Å². The average molecular weight is 404 g/mol. The molecule has 1 amide bonds. The van der Waals surface area contributed by atoms with Crippen molar-refractivity contribution in [2.24, 2.45) is 0 Å². The minimum atomic E-state index is -0.365. The van der Waals surface area contributed by atoms with Crippen molar-refractivity contribution < 1.29 is 14.1 Å². The monoisotopic (exact) mass is 404 g/mol. The summed E-state index contributed by atoms with van der Waals surface area (Å²) in [5.74, 6) is 1.84. The number of carbonyl (C=O) groups is 1. The van der Waals surface area contributed by atoms with Crippen LogP contribution in [0.25, 0.3) is 17.3 Å². The molecule has 3 heterocycles. The number of para-hydroxylation sites is 2. The number of hydrogen-bond donors (Lipinski definition) is 1. The maximum Gasteiger partial charge on any atom is 0.275 e. The quantitative estimate of drug-likeness (QED) is 0.522. The van der Waals surface area contributed by atoms with Gasteiger partial charge < -0.3 is 14.6 Å². The van der Waals surface area contributed by atoms with Gasteiger partial charge in [0.15, 0.2) is 11.6 Å². The van der Waals surface area contributed by atoms with Crippen molar-refractivity contribution in [1.82, 2.24) is 24.7 Å². The van der Waals surface area contributed by atoms with Crippen LogP contribution in [0.4, 0.5) is 5.69 Å². The minimum Gasteiger partial charge on any atom is -0.495 e. The molecule has 0 aliphatic heterocycles. The molecule has 0 unspecified atom stereocenters. The molecule has 9 nitrogen and oxygen atoms in total. The van der Waals surface area contributed by atoms with Crippen LogP contribution in [0.15, 0.2) is 59.6 Å². The van der Waals surface area contributed by atoms with Crippen LogP contribution >= 0.6 is 0 Å². The molecule has 152 valence electrons. The van der Waals surface area contributed by atoms with Gasteiger partial charge in [0.2, 0.25) is 0 Å². The number of hydrogen-bond acceptors (Lipinski definition) is 7. The summed E-state index contributed by atoms with van der Waals surface area (Å²) in [6.45, 7) is 3.97. The molecule has 3 aromatic heterocycles. The molecular weight excluding hydrogens is 384 g/mol. The van der Waals surface area contributed by atoms with Gasteiger partial charge in [-0.2, -0.15) is 4.98 Å². The van der Waals surface area contributed by atoms with Crippen LogP contribution in [0.2, 0.25) is 0 Å². The highest BCUT2D eigenvalue weighted by atomic mass is 16.5.